The van der Waals surface area contributed by atoms with E-state index in [1.54, 1.807) is 17.4 Å². The third-order valence-electron chi connectivity index (χ3n) is 2.52. The zero-order chi connectivity index (χ0) is 13.5. The van der Waals surface area contributed by atoms with E-state index in [1.807, 2.05) is 6.07 Å². The Kier molecular flexibility index (Phi) is 6.09. The lowest BCUT2D eigenvalue weighted by atomic mass is 10.2. The first-order valence-corrected chi connectivity index (χ1v) is 7.05. The quantitative estimate of drug-likeness (QED) is 0.770. The lowest BCUT2D eigenvalue weighted by Crippen LogP contribution is -2.26. The van der Waals surface area contributed by atoms with E-state index >= 15 is 0 Å². The maximum atomic E-state index is 10.4. The molecule has 0 amide bonds. The molecule has 1 rings (SSSR count). The van der Waals surface area contributed by atoms with Crippen LogP contribution in [0.15, 0.2) is 18.2 Å². The number of hydrogen-bond acceptors (Lipinski definition) is 3. The third kappa shape index (κ3) is 5.47. The van der Waals surface area contributed by atoms with Gasteiger partial charge in [-0.05, 0) is 30.7 Å². The summed E-state index contributed by atoms with van der Waals surface area (Å²) in [6, 6.07) is 4.05. The Morgan fingerprint density at radius 3 is 2.78 bits per heavy atom. The smallest absolute Gasteiger partial charge is 0.328 e. The summed E-state index contributed by atoms with van der Waals surface area (Å²) in [5.74, 6) is -0.240. The molecule has 0 aliphatic rings. The minimum absolute atomic E-state index is 0.663. The van der Waals surface area contributed by atoms with Gasteiger partial charge in [0, 0.05) is 28.9 Å². The average Bonchev–Trinajstić information content (AvgIpc) is 2.72. The van der Waals surface area contributed by atoms with Crippen molar-refractivity contribution in [1.29, 1.82) is 0 Å². The van der Waals surface area contributed by atoms with Crippen LogP contribution in [0.25, 0.3) is 6.08 Å². The molecule has 0 fully saturated rings. The van der Waals surface area contributed by atoms with Crippen molar-refractivity contribution < 1.29 is 9.90 Å². The Morgan fingerprint density at radius 2 is 2.22 bits per heavy atom. The molecule has 1 heterocycles. The van der Waals surface area contributed by atoms with Gasteiger partial charge in [-0.1, -0.05) is 20.8 Å². The van der Waals surface area contributed by atoms with E-state index < -0.39 is 5.97 Å². The van der Waals surface area contributed by atoms with Crippen LogP contribution in [0.2, 0.25) is 0 Å². The number of carboxylic acid groups (broad SMARTS) is 1. The van der Waals surface area contributed by atoms with E-state index in [9.17, 15) is 4.79 Å². The predicted octanol–water partition coefficient (Wildman–Crippen LogP) is 3.32. The van der Waals surface area contributed by atoms with E-state index in [2.05, 4.69) is 31.7 Å². The minimum Gasteiger partial charge on any atom is -0.478 e. The molecule has 1 aromatic rings. The fourth-order valence-corrected chi connectivity index (χ4v) is 2.72. The van der Waals surface area contributed by atoms with Crippen LogP contribution in [0.5, 0.6) is 0 Å². The highest BCUT2D eigenvalue weighted by molar-refractivity contribution is 7.12. The van der Waals surface area contributed by atoms with E-state index in [0.717, 1.165) is 24.5 Å². The van der Waals surface area contributed by atoms with Crippen molar-refractivity contribution in [3.8, 4) is 0 Å². The monoisotopic (exact) mass is 267 g/mol. The van der Waals surface area contributed by atoms with Crippen molar-refractivity contribution in [2.24, 2.45) is 5.92 Å². The van der Waals surface area contributed by atoms with Gasteiger partial charge in [0.2, 0.25) is 0 Å². The molecule has 0 atom stereocenters. The third-order valence-corrected chi connectivity index (χ3v) is 3.56. The summed E-state index contributed by atoms with van der Waals surface area (Å²) >= 11 is 1.65. The first-order chi connectivity index (χ1) is 8.51. The highest BCUT2D eigenvalue weighted by Gasteiger charge is 2.07. The van der Waals surface area contributed by atoms with Crippen LogP contribution in [0.3, 0.4) is 0 Å². The highest BCUT2D eigenvalue weighted by atomic mass is 32.1. The molecule has 0 aliphatic heterocycles. The number of carbonyl (C=O) groups is 1. The molecule has 1 N–H and O–H groups in total. The summed E-state index contributed by atoms with van der Waals surface area (Å²) in [4.78, 5) is 15.1. The second-order valence-corrected chi connectivity index (χ2v) is 5.90. The SMILES string of the molecule is CCN(Cc1ccc(C=CC(=O)O)s1)CC(C)C. The number of hydrogen-bond donors (Lipinski definition) is 1. The molecular formula is C14H21NO2S. The molecule has 4 heteroatoms. The van der Waals surface area contributed by atoms with Gasteiger partial charge in [-0.25, -0.2) is 4.79 Å². The number of aliphatic carboxylic acids is 1. The van der Waals surface area contributed by atoms with E-state index in [-0.39, 0.29) is 0 Å². The summed E-state index contributed by atoms with van der Waals surface area (Å²) in [6.45, 7) is 9.68. The van der Waals surface area contributed by atoms with Gasteiger partial charge in [-0.3, -0.25) is 4.90 Å². The molecule has 0 bridgehead atoms. The Bertz CT molecular complexity index is 410. The highest BCUT2D eigenvalue weighted by Crippen LogP contribution is 2.20. The zero-order valence-corrected chi connectivity index (χ0v) is 12.0. The maximum Gasteiger partial charge on any atom is 0.328 e. The number of thiophene rings is 1. The summed E-state index contributed by atoms with van der Waals surface area (Å²) in [7, 11) is 0. The van der Waals surface area contributed by atoms with Crippen molar-refractivity contribution in [2.75, 3.05) is 13.1 Å². The topological polar surface area (TPSA) is 40.5 Å². The van der Waals surface area contributed by atoms with Gasteiger partial charge in [0.15, 0.2) is 0 Å². The lowest BCUT2D eigenvalue weighted by molar-refractivity contribution is -0.131. The molecule has 18 heavy (non-hydrogen) atoms. The summed E-state index contributed by atoms with van der Waals surface area (Å²) < 4.78 is 0. The van der Waals surface area contributed by atoms with E-state index in [4.69, 9.17) is 5.11 Å². The Labute approximate surface area is 113 Å². The summed E-state index contributed by atoms with van der Waals surface area (Å²) in [5, 5.41) is 8.57. The first kappa shape index (κ1) is 14.9. The molecule has 0 unspecified atom stereocenters. The maximum absolute atomic E-state index is 10.4. The first-order valence-electron chi connectivity index (χ1n) is 6.23. The number of rotatable bonds is 7. The molecule has 3 nitrogen and oxygen atoms in total. The van der Waals surface area contributed by atoms with Crippen LogP contribution in [0.1, 0.15) is 30.5 Å². The minimum atomic E-state index is -0.903. The van der Waals surface area contributed by atoms with Crippen LogP contribution >= 0.6 is 11.3 Å². The number of nitrogens with zero attached hydrogens (tertiary/aromatic N) is 1. The van der Waals surface area contributed by atoms with Gasteiger partial charge >= 0.3 is 5.97 Å². The van der Waals surface area contributed by atoms with Crippen molar-refractivity contribution in [1.82, 2.24) is 4.90 Å². The Balaban J connectivity index is 2.59. The van der Waals surface area contributed by atoms with Crippen LogP contribution in [0.4, 0.5) is 0 Å². The molecule has 100 valence electrons. The molecule has 0 aliphatic carbocycles. The molecule has 0 aromatic carbocycles. The zero-order valence-electron chi connectivity index (χ0n) is 11.2. The molecule has 0 spiro atoms. The second kappa shape index (κ2) is 7.34. The fourth-order valence-electron chi connectivity index (χ4n) is 1.76. The van der Waals surface area contributed by atoms with Gasteiger partial charge in [0.25, 0.3) is 0 Å². The molecule has 0 radical (unpaired) electrons. The van der Waals surface area contributed by atoms with Gasteiger partial charge in [-0.2, -0.15) is 0 Å². The Morgan fingerprint density at radius 1 is 1.50 bits per heavy atom. The van der Waals surface area contributed by atoms with Crippen LogP contribution in [0, 0.1) is 5.92 Å². The fraction of sp³-hybridized carbons (Fsp3) is 0.500. The van der Waals surface area contributed by atoms with Gasteiger partial charge in [0.05, 0.1) is 0 Å². The van der Waals surface area contributed by atoms with Crippen LogP contribution in [-0.2, 0) is 11.3 Å². The molecular weight excluding hydrogens is 246 g/mol. The number of carboxylic acids is 1. The van der Waals surface area contributed by atoms with Crippen molar-refractivity contribution in [2.45, 2.75) is 27.3 Å². The van der Waals surface area contributed by atoms with Crippen molar-refractivity contribution >= 4 is 23.4 Å². The van der Waals surface area contributed by atoms with E-state index in [1.165, 1.54) is 11.0 Å². The summed E-state index contributed by atoms with van der Waals surface area (Å²) in [6.07, 6.45) is 2.83. The summed E-state index contributed by atoms with van der Waals surface area (Å²) in [5.41, 5.74) is 0. The molecule has 0 saturated heterocycles. The lowest BCUT2D eigenvalue weighted by Gasteiger charge is -2.21. The molecule has 1 aromatic heterocycles. The van der Waals surface area contributed by atoms with Crippen molar-refractivity contribution in [3.63, 3.8) is 0 Å². The van der Waals surface area contributed by atoms with Crippen LogP contribution in [-0.4, -0.2) is 29.1 Å². The van der Waals surface area contributed by atoms with Crippen molar-refractivity contribution in [3.05, 3.63) is 28.0 Å². The normalized spacial score (nSPS) is 11.8. The van der Waals surface area contributed by atoms with Gasteiger partial charge in [0.1, 0.15) is 0 Å². The van der Waals surface area contributed by atoms with Crippen LogP contribution < -0.4 is 0 Å². The van der Waals surface area contributed by atoms with Gasteiger partial charge < -0.3 is 5.11 Å². The van der Waals surface area contributed by atoms with E-state index in [0.29, 0.717) is 5.92 Å². The van der Waals surface area contributed by atoms with Gasteiger partial charge in [-0.15, -0.1) is 11.3 Å². The second-order valence-electron chi connectivity index (χ2n) is 4.70. The Hall–Kier alpha value is -1.13. The molecule has 0 saturated carbocycles. The predicted molar refractivity (Wildman–Crippen MR) is 76.8 cm³/mol. The standard InChI is InChI=1S/C14H21NO2S/c1-4-15(9-11(2)3)10-13-6-5-12(18-13)7-8-14(16)17/h5-8,11H,4,9-10H2,1-3H3,(H,16,17). The largest absolute Gasteiger partial charge is 0.478 e. The average molecular weight is 267 g/mol.